The lowest BCUT2D eigenvalue weighted by atomic mass is 9.85. The van der Waals surface area contributed by atoms with E-state index in [1.165, 1.54) is 59.4 Å². The van der Waals surface area contributed by atoms with Crippen molar-refractivity contribution in [3.8, 4) is 44.5 Å². The highest BCUT2D eigenvalue weighted by atomic mass is 32.1. The molecule has 0 aliphatic heterocycles. The van der Waals surface area contributed by atoms with Gasteiger partial charge in [0, 0.05) is 20.2 Å². The van der Waals surface area contributed by atoms with Crippen LogP contribution in [-0.2, 0) is 0 Å². The second-order valence-corrected chi connectivity index (χ2v) is 13.8. The zero-order chi connectivity index (χ0) is 34.1. The van der Waals surface area contributed by atoms with Gasteiger partial charge in [0.2, 0.25) is 0 Å². The topological polar surface area (TPSA) is 0 Å². The molecule has 0 saturated carbocycles. The third-order valence-corrected chi connectivity index (χ3v) is 11.0. The first-order valence-corrected chi connectivity index (χ1v) is 17.5. The van der Waals surface area contributed by atoms with Crippen LogP contribution in [0.2, 0.25) is 0 Å². The van der Waals surface area contributed by atoms with Crippen molar-refractivity contribution in [2.75, 3.05) is 0 Å². The molecule has 0 bridgehead atoms. The number of hydrogen-bond acceptors (Lipinski definition) is 1. The average Bonchev–Trinajstić information content (AvgIpc) is 3.56. The SMILES string of the molecule is [2H]c1ccc2cc(-c3cccc(-c4c5ccccc5c(-c5ccc(-c6cc([2H])c7sc8ccccc8c7c6)cc5)c5ccccc45)c3)ccc2c1. The smallest absolute Gasteiger partial charge is 0.0638 e. The van der Waals surface area contributed by atoms with Gasteiger partial charge in [-0.3, -0.25) is 0 Å². The number of rotatable bonds is 4. The molecular weight excluding hydrogens is 609 g/mol. The molecule has 49 heavy (non-hydrogen) atoms. The lowest BCUT2D eigenvalue weighted by Crippen LogP contribution is -1.91. The van der Waals surface area contributed by atoms with Gasteiger partial charge in [-0.25, -0.2) is 0 Å². The van der Waals surface area contributed by atoms with Gasteiger partial charge in [-0.1, -0.05) is 152 Å². The van der Waals surface area contributed by atoms with E-state index in [2.05, 4.69) is 146 Å². The molecule has 1 aromatic heterocycles. The maximum atomic E-state index is 8.84. The number of fused-ring (bicyclic) bond motifs is 6. The normalized spacial score (nSPS) is 12.2. The molecule has 0 nitrogen and oxygen atoms in total. The first-order chi connectivity index (χ1) is 25.1. The molecule has 0 atom stereocenters. The lowest BCUT2D eigenvalue weighted by molar-refractivity contribution is 1.62. The number of hydrogen-bond donors (Lipinski definition) is 0. The Morgan fingerprint density at radius 2 is 0.918 bits per heavy atom. The zero-order valence-corrected chi connectivity index (χ0v) is 27.4. The fourth-order valence-corrected chi connectivity index (χ4v) is 8.61. The van der Waals surface area contributed by atoms with E-state index in [9.17, 15) is 0 Å². The van der Waals surface area contributed by atoms with Crippen LogP contribution < -0.4 is 0 Å². The monoisotopic (exact) mass is 640 g/mol. The van der Waals surface area contributed by atoms with Crippen molar-refractivity contribution in [2.24, 2.45) is 0 Å². The predicted molar refractivity (Wildman–Crippen MR) is 214 cm³/mol. The highest BCUT2D eigenvalue weighted by Gasteiger charge is 2.17. The first-order valence-electron chi connectivity index (χ1n) is 17.7. The van der Waals surface area contributed by atoms with Crippen LogP contribution in [0.3, 0.4) is 0 Å². The van der Waals surface area contributed by atoms with Gasteiger partial charge in [0.05, 0.1) is 2.74 Å². The van der Waals surface area contributed by atoms with Gasteiger partial charge in [-0.2, -0.15) is 0 Å². The van der Waals surface area contributed by atoms with Crippen molar-refractivity contribution in [2.45, 2.75) is 0 Å². The third kappa shape index (κ3) is 4.66. The molecule has 1 heterocycles. The maximum Gasteiger partial charge on any atom is 0.0638 e. The van der Waals surface area contributed by atoms with Crippen LogP contribution in [0.1, 0.15) is 2.74 Å². The summed E-state index contributed by atoms with van der Waals surface area (Å²) in [5, 5.41) is 9.49. The molecule has 10 rings (SSSR count). The second-order valence-electron chi connectivity index (χ2n) is 12.7. The van der Waals surface area contributed by atoms with E-state index in [1.807, 2.05) is 24.3 Å². The van der Waals surface area contributed by atoms with Crippen LogP contribution in [0.5, 0.6) is 0 Å². The fourth-order valence-electron chi connectivity index (χ4n) is 7.56. The molecule has 0 unspecified atom stereocenters. The van der Waals surface area contributed by atoms with Gasteiger partial charge in [0.15, 0.2) is 0 Å². The van der Waals surface area contributed by atoms with Crippen molar-refractivity contribution in [1.29, 1.82) is 0 Å². The summed E-state index contributed by atoms with van der Waals surface area (Å²) in [7, 11) is 0. The average molecular weight is 641 g/mol. The van der Waals surface area contributed by atoms with E-state index < -0.39 is 0 Å². The summed E-state index contributed by atoms with van der Waals surface area (Å²) < 4.78 is 19.1. The molecule has 10 aromatic rings. The molecule has 0 spiro atoms. The Morgan fingerprint density at radius 1 is 0.327 bits per heavy atom. The van der Waals surface area contributed by atoms with Crippen molar-refractivity contribution in [3.05, 3.63) is 182 Å². The van der Waals surface area contributed by atoms with E-state index in [4.69, 9.17) is 2.74 Å². The lowest BCUT2D eigenvalue weighted by Gasteiger charge is -2.18. The standard InChI is InChI=1S/C48H30S/c1-2-11-34-28-36(25-22-31(34)10-1)35-12-9-13-38(29-35)48-42-17-5-3-15-40(42)47(41-16-4-6-18-43(41)48)33-23-20-32(21-24-33)37-26-27-46-44(30-37)39-14-7-8-19-45(39)49-46/h1-30H/i1D,27D. The molecule has 1 heteroatoms. The highest BCUT2D eigenvalue weighted by molar-refractivity contribution is 7.25. The summed E-state index contributed by atoms with van der Waals surface area (Å²) in [6.07, 6.45) is 0. The Balaban J connectivity index is 1.11. The van der Waals surface area contributed by atoms with Crippen molar-refractivity contribution < 1.29 is 2.74 Å². The Bertz CT molecular complexity index is 2930. The Morgan fingerprint density at radius 3 is 1.67 bits per heavy atom. The summed E-state index contributed by atoms with van der Waals surface area (Å²) >= 11 is 1.70. The predicted octanol–water partition coefficient (Wildman–Crippen LogP) is 14.2. The van der Waals surface area contributed by atoms with Gasteiger partial charge in [-0.15, -0.1) is 11.3 Å². The summed E-state index contributed by atoms with van der Waals surface area (Å²) in [6.45, 7) is 0. The molecule has 9 aromatic carbocycles. The fraction of sp³-hybridized carbons (Fsp3) is 0. The van der Waals surface area contributed by atoms with E-state index >= 15 is 0 Å². The Hall–Kier alpha value is -6.02. The van der Waals surface area contributed by atoms with E-state index in [0.717, 1.165) is 37.5 Å². The minimum Gasteiger partial charge on any atom is -0.135 e. The summed E-state index contributed by atoms with van der Waals surface area (Å²) in [4.78, 5) is 0. The van der Waals surface area contributed by atoms with Gasteiger partial charge in [-0.05, 0) is 107 Å². The van der Waals surface area contributed by atoms with E-state index in [0.29, 0.717) is 12.1 Å². The maximum absolute atomic E-state index is 8.84. The van der Waals surface area contributed by atoms with Crippen molar-refractivity contribution in [1.82, 2.24) is 0 Å². The Labute approximate surface area is 292 Å². The highest BCUT2D eigenvalue weighted by Crippen LogP contribution is 2.45. The molecule has 0 aliphatic rings. The number of thiophene rings is 1. The summed E-state index contributed by atoms with van der Waals surface area (Å²) in [5.74, 6) is 0. The quantitative estimate of drug-likeness (QED) is 0.168. The summed E-state index contributed by atoms with van der Waals surface area (Å²) in [5.41, 5.74) is 9.34. The van der Waals surface area contributed by atoms with Crippen molar-refractivity contribution >= 4 is 63.8 Å². The molecule has 0 fully saturated rings. The van der Waals surface area contributed by atoms with E-state index in [-0.39, 0.29) is 0 Å². The van der Waals surface area contributed by atoms with Crippen LogP contribution in [0, 0.1) is 0 Å². The minimum absolute atomic E-state index is 0.530. The van der Waals surface area contributed by atoms with Gasteiger partial charge in [0.25, 0.3) is 0 Å². The largest absolute Gasteiger partial charge is 0.135 e. The molecular formula is C48H30S. The van der Waals surface area contributed by atoms with Gasteiger partial charge < -0.3 is 0 Å². The third-order valence-electron chi connectivity index (χ3n) is 9.90. The van der Waals surface area contributed by atoms with E-state index in [1.54, 1.807) is 11.3 Å². The van der Waals surface area contributed by atoms with Gasteiger partial charge >= 0.3 is 0 Å². The van der Waals surface area contributed by atoms with Gasteiger partial charge in [0.1, 0.15) is 0 Å². The molecule has 228 valence electrons. The van der Waals surface area contributed by atoms with Crippen LogP contribution in [0.15, 0.2) is 182 Å². The molecule has 0 amide bonds. The molecule has 0 aliphatic carbocycles. The molecule has 0 saturated heterocycles. The zero-order valence-electron chi connectivity index (χ0n) is 28.6. The Kier molecular flexibility index (Phi) is 6.00. The molecule has 0 N–H and O–H groups in total. The second kappa shape index (κ2) is 11.3. The first kappa shape index (κ1) is 26.0. The van der Waals surface area contributed by atoms with Crippen molar-refractivity contribution in [3.63, 3.8) is 0 Å². The van der Waals surface area contributed by atoms with Crippen LogP contribution in [0.25, 0.3) is 97.0 Å². The number of benzene rings is 9. The van der Waals surface area contributed by atoms with Crippen LogP contribution >= 0.6 is 11.3 Å². The van der Waals surface area contributed by atoms with Crippen LogP contribution in [-0.4, -0.2) is 0 Å². The van der Waals surface area contributed by atoms with Crippen LogP contribution in [0.4, 0.5) is 0 Å². The minimum atomic E-state index is 0.530. The molecule has 0 radical (unpaired) electrons. The summed E-state index contributed by atoms with van der Waals surface area (Å²) in [6, 6.07) is 61.5.